The fourth-order valence-corrected chi connectivity index (χ4v) is 2.16. The number of hydrogen-bond donors (Lipinski definition) is 0. The Bertz CT molecular complexity index is 779. The fraction of sp³-hybridized carbons (Fsp3) is 0.111. The van der Waals surface area contributed by atoms with Gasteiger partial charge >= 0.3 is 0 Å². The van der Waals surface area contributed by atoms with Gasteiger partial charge in [-0.15, -0.1) is 0 Å². The summed E-state index contributed by atoms with van der Waals surface area (Å²) < 4.78 is 5.80. The molecule has 0 saturated heterocycles. The van der Waals surface area contributed by atoms with Crippen molar-refractivity contribution in [3.63, 3.8) is 0 Å². The molecule has 0 aliphatic heterocycles. The molecule has 2 aromatic carbocycles. The van der Waals surface area contributed by atoms with Crippen LogP contribution in [0.3, 0.4) is 0 Å². The van der Waals surface area contributed by atoms with Crippen molar-refractivity contribution in [1.82, 2.24) is 4.98 Å². The molecular formula is C18H15NO2. The summed E-state index contributed by atoms with van der Waals surface area (Å²) in [6.45, 7) is 1.86. The molecule has 0 fully saturated rings. The third kappa shape index (κ3) is 2.92. The molecule has 1 aromatic heterocycles. The third-order valence-corrected chi connectivity index (χ3v) is 3.31. The molecule has 0 radical (unpaired) electrons. The Morgan fingerprint density at radius 2 is 1.81 bits per heavy atom. The first-order chi connectivity index (χ1) is 10.3. The normalized spacial score (nSPS) is 10.5. The highest BCUT2D eigenvalue weighted by Gasteiger charge is 2.04. The van der Waals surface area contributed by atoms with Crippen molar-refractivity contribution < 1.29 is 9.53 Å². The first-order valence-electron chi connectivity index (χ1n) is 6.92. The summed E-state index contributed by atoms with van der Waals surface area (Å²) in [4.78, 5) is 15.9. The predicted octanol–water partition coefficient (Wildman–Crippen LogP) is 4.62. The van der Waals surface area contributed by atoms with Gasteiger partial charge in [0.15, 0.2) is 5.78 Å². The van der Waals surface area contributed by atoms with Gasteiger partial charge < -0.3 is 4.74 Å². The zero-order valence-electron chi connectivity index (χ0n) is 11.7. The molecule has 104 valence electrons. The van der Waals surface area contributed by atoms with Crippen LogP contribution in [-0.4, -0.2) is 10.8 Å². The zero-order chi connectivity index (χ0) is 14.7. The van der Waals surface area contributed by atoms with Crippen molar-refractivity contribution in [3.8, 4) is 11.5 Å². The highest BCUT2D eigenvalue weighted by Crippen LogP contribution is 2.25. The standard InChI is InChI=1S/C18H15NO2/c1-2-18(20)14-6-8-15(9-7-14)21-16-10-5-13-4-3-11-19-17(13)12-16/h3-12H,2H2,1H3. The maximum Gasteiger partial charge on any atom is 0.162 e. The van der Waals surface area contributed by atoms with Gasteiger partial charge in [-0.1, -0.05) is 13.0 Å². The number of carbonyl (C=O) groups excluding carboxylic acids is 1. The highest BCUT2D eigenvalue weighted by atomic mass is 16.5. The van der Waals surface area contributed by atoms with Crippen LogP contribution in [0.15, 0.2) is 60.8 Å². The van der Waals surface area contributed by atoms with Crippen molar-refractivity contribution in [2.45, 2.75) is 13.3 Å². The van der Waals surface area contributed by atoms with E-state index in [4.69, 9.17) is 4.74 Å². The smallest absolute Gasteiger partial charge is 0.162 e. The van der Waals surface area contributed by atoms with Crippen molar-refractivity contribution in [2.24, 2.45) is 0 Å². The topological polar surface area (TPSA) is 39.2 Å². The maximum atomic E-state index is 11.6. The van der Waals surface area contributed by atoms with Crippen LogP contribution < -0.4 is 4.74 Å². The van der Waals surface area contributed by atoms with E-state index in [-0.39, 0.29) is 5.78 Å². The molecule has 1 heterocycles. The first-order valence-corrected chi connectivity index (χ1v) is 6.92. The van der Waals surface area contributed by atoms with E-state index in [2.05, 4.69) is 4.98 Å². The zero-order valence-corrected chi connectivity index (χ0v) is 11.7. The van der Waals surface area contributed by atoms with E-state index in [1.165, 1.54) is 0 Å². The lowest BCUT2D eigenvalue weighted by molar-refractivity contribution is 0.0988. The number of aromatic nitrogens is 1. The number of rotatable bonds is 4. The Morgan fingerprint density at radius 3 is 2.57 bits per heavy atom. The largest absolute Gasteiger partial charge is 0.457 e. The average Bonchev–Trinajstić information content (AvgIpc) is 2.55. The van der Waals surface area contributed by atoms with Crippen molar-refractivity contribution in [2.75, 3.05) is 0 Å². The molecule has 0 N–H and O–H groups in total. The van der Waals surface area contributed by atoms with Crippen molar-refractivity contribution in [1.29, 1.82) is 0 Å². The molecule has 0 amide bonds. The molecule has 0 aliphatic carbocycles. The summed E-state index contributed by atoms with van der Waals surface area (Å²) in [5.41, 5.74) is 1.61. The van der Waals surface area contributed by atoms with Crippen LogP contribution in [0.1, 0.15) is 23.7 Å². The summed E-state index contributed by atoms with van der Waals surface area (Å²) >= 11 is 0. The Kier molecular flexibility index (Phi) is 3.65. The number of carbonyl (C=O) groups is 1. The molecule has 3 heteroatoms. The Hall–Kier alpha value is -2.68. The van der Waals surface area contributed by atoms with E-state index in [9.17, 15) is 4.79 Å². The Balaban J connectivity index is 1.83. The van der Waals surface area contributed by atoms with Crippen LogP contribution >= 0.6 is 0 Å². The van der Waals surface area contributed by atoms with Gasteiger partial charge in [-0.05, 0) is 42.5 Å². The molecule has 3 rings (SSSR count). The minimum absolute atomic E-state index is 0.136. The SMILES string of the molecule is CCC(=O)c1ccc(Oc2ccc3cccnc3c2)cc1. The maximum absolute atomic E-state index is 11.6. The quantitative estimate of drug-likeness (QED) is 0.653. The number of ketones is 1. The van der Waals surface area contributed by atoms with Crippen LogP contribution in [0, 0.1) is 0 Å². The van der Waals surface area contributed by atoms with Crippen molar-refractivity contribution >= 4 is 16.7 Å². The van der Waals surface area contributed by atoms with Crippen LogP contribution in [0.2, 0.25) is 0 Å². The lowest BCUT2D eigenvalue weighted by Gasteiger charge is -2.07. The van der Waals surface area contributed by atoms with Crippen LogP contribution in [-0.2, 0) is 0 Å². The lowest BCUT2D eigenvalue weighted by Crippen LogP contribution is -1.95. The minimum Gasteiger partial charge on any atom is -0.457 e. The number of nitrogens with zero attached hydrogens (tertiary/aromatic N) is 1. The highest BCUT2D eigenvalue weighted by molar-refractivity contribution is 5.95. The van der Waals surface area contributed by atoms with Gasteiger partial charge in [0, 0.05) is 29.6 Å². The van der Waals surface area contributed by atoms with Crippen LogP contribution in [0.5, 0.6) is 11.5 Å². The molecule has 0 aliphatic rings. The summed E-state index contributed by atoms with van der Waals surface area (Å²) in [5.74, 6) is 1.57. The van der Waals surface area contributed by atoms with Gasteiger partial charge in [-0.2, -0.15) is 0 Å². The van der Waals surface area contributed by atoms with Gasteiger partial charge in [-0.3, -0.25) is 9.78 Å². The van der Waals surface area contributed by atoms with E-state index in [1.807, 2.05) is 49.4 Å². The van der Waals surface area contributed by atoms with Gasteiger partial charge in [0.1, 0.15) is 11.5 Å². The molecular weight excluding hydrogens is 262 g/mol. The van der Waals surface area contributed by atoms with Crippen molar-refractivity contribution in [3.05, 3.63) is 66.4 Å². The molecule has 0 bridgehead atoms. The number of fused-ring (bicyclic) bond motifs is 1. The third-order valence-electron chi connectivity index (χ3n) is 3.31. The van der Waals surface area contributed by atoms with Crippen LogP contribution in [0.25, 0.3) is 10.9 Å². The van der Waals surface area contributed by atoms with Gasteiger partial charge in [-0.25, -0.2) is 0 Å². The predicted molar refractivity (Wildman–Crippen MR) is 82.9 cm³/mol. The average molecular weight is 277 g/mol. The van der Waals surface area contributed by atoms with Gasteiger partial charge in [0.25, 0.3) is 0 Å². The lowest BCUT2D eigenvalue weighted by atomic mass is 10.1. The summed E-state index contributed by atoms with van der Waals surface area (Å²) in [6, 6.07) is 16.9. The van der Waals surface area contributed by atoms with E-state index in [1.54, 1.807) is 18.3 Å². The second-order valence-electron chi connectivity index (χ2n) is 4.76. The van der Waals surface area contributed by atoms with E-state index >= 15 is 0 Å². The monoisotopic (exact) mass is 277 g/mol. The minimum atomic E-state index is 0.136. The second kappa shape index (κ2) is 5.75. The van der Waals surface area contributed by atoms with Gasteiger partial charge in [0.2, 0.25) is 0 Å². The molecule has 21 heavy (non-hydrogen) atoms. The number of Topliss-reactive ketones (excluding diaryl/α,β-unsaturated/α-hetero) is 1. The Labute approximate surface area is 123 Å². The fourth-order valence-electron chi connectivity index (χ4n) is 2.16. The number of ether oxygens (including phenoxy) is 1. The summed E-state index contributed by atoms with van der Waals surface area (Å²) in [6.07, 6.45) is 2.27. The van der Waals surface area contributed by atoms with Gasteiger partial charge in [0.05, 0.1) is 5.52 Å². The summed E-state index contributed by atoms with van der Waals surface area (Å²) in [7, 11) is 0. The molecule has 3 aromatic rings. The molecule has 3 nitrogen and oxygen atoms in total. The molecule has 0 atom stereocenters. The number of benzene rings is 2. The van der Waals surface area contributed by atoms with E-state index in [0.29, 0.717) is 17.7 Å². The number of pyridine rings is 1. The molecule has 0 unspecified atom stereocenters. The van der Waals surface area contributed by atoms with E-state index in [0.717, 1.165) is 16.7 Å². The van der Waals surface area contributed by atoms with E-state index < -0.39 is 0 Å². The second-order valence-corrected chi connectivity index (χ2v) is 4.76. The van der Waals surface area contributed by atoms with Crippen LogP contribution in [0.4, 0.5) is 0 Å². The summed E-state index contributed by atoms with van der Waals surface area (Å²) in [5, 5.41) is 1.08. The molecule has 0 spiro atoms. The number of hydrogen-bond acceptors (Lipinski definition) is 3. The first kappa shape index (κ1) is 13.3. The Morgan fingerprint density at radius 1 is 1.05 bits per heavy atom. The molecule has 0 saturated carbocycles.